The van der Waals surface area contributed by atoms with E-state index in [-0.39, 0.29) is 0 Å². The van der Waals surface area contributed by atoms with Crippen LogP contribution in [-0.2, 0) is 0 Å². The van der Waals surface area contributed by atoms with Crippen LogP contribution in [0.5, 0.6) is 0 Å². The van der Waals surface area contributed by atoms with Gasteiger partial charge in [0.05, 0.1) is 0 Å². The summed E-state index contributed by atoms with van der Waals surface area (Å²) in [6, 6.07) is 0. The van der Waals surface area contributed by atoms with Gasteiger partial charge in [0.1, 0.15) is 0 Å². The molecule has 0 bridgehead atoms. The summed E-state index contributed by atoms with van der Waals surface area (Å²) in [6.07, 6.45) is 2.40. The number of alkyl halides is 2. The molecule has 10 heavy (non-hydrogen) atoms. The van der Waals surface area contributed by atoms with Gasteiger partial charge in [0, 0.05) is 11.8 Å². The Kier molecular flexibility index (Phi) is 6.67. The van der Waals surface area contributed by atoms with Crippen LogP contribution in [-0.4, -0.2) is 11.8 Å². The third-order valence-electron chi connectivity index (χ3n) is 1.87. The van der Waals surface area contributed by atoms with Crippen molar-refractivity contribution in [2.24, 2.45) is 11.8 Å². The summed E-state index contributed by atoms with van der Waals surface area (Å²) < 4.78 is 0. The predicted octanol–water partition coefficient (Wildman–Crippen LogP) is 3.52. The van der Waals surface area contributed by atoms with Crippen LogP contribution in [0.1, 0.15) is 26.7 Å². The van der Waals surface area contributed by atoms with Gasteiger partial charge in [0.25, 0.3) is 0 Å². The van der Waals surface area contributed by atoms with Crippen LogP contribution in [0.4, 0.5) is 0 Å². The molecule has 62 valence electrons. The van der Waals surface area contributed by atoms with E-state index in [1.807, 2.05) is 0 Å². The third kappa shape index (κ3) is 4.40. The van der Waals surface area contributed by atoms with Crippen molar-refractivity contribution in [2.45, 2.75) is 26.7 Å². The van der Waals surface area contributed by atoms with Crippen LogP contribution in [0, 0.1) is 11.8 Å². The van der Waals surface area contributed by atoms with Crippen molar-refractivity contribution in [1.82, 2.24) is 0 Å². The first-order valence-corrected chi connectivity index (χ1v) is 4.93. The van der Waals surface area contributed by atoms with Crippen molar-refractivity contribution in [1.29, 1.82) is 0 Å². The SMILES string of the molecule is CCC(C)CC(CCl)CCl. The highest BCUT2D eigenvalue weighted by Gasteiger charge is 2.09. The minimum Gasteiger partial charge on any atom is -0.126 e. The van der Waals surface area contributed by atoms with Crippen LogP contribution in [0.2, 0.25) is 0 Å². The second-order valence-corrected chi connectivity index (χ2v) is 3.54. The number of halogens is 2. The summed E-state index contributed by atoms with van der Waals surface area (Å²) >= 11 is 11.4. The average Bonchev–Trinajstić information content (AvgIpc) is 1.99. The van der Waals surface area contributed by atoms with Crippen LogP contribution >= 0.6 is 23.2 Å². The van der Waals surface area contributed by atoms with E-state index in [9.17, 15) is 0 Å². The molecule has 1 atom stereocenters. The zero-order valence-corrected chi connectivity index (χ0v) is 8.25. The standard InChI is InChI=1S/C8H16Cl2/c1-3-7(2)4-8(5-9)6-10/h7-8H,3-6H2,1-2H3. The summed E-state index contributed by atoms with van der Waals surface area (Å²) in [5, 5.41) is 0. The van der Waals surface area contributed by atoms with Gasteiger partial charge in [-0.2, -0.15) is 0 Å². The highest BCUT2D eigenvalue weighted by atomic mass is 35.5. The normalized spacial score (nSPS) is 14.1. The monoisotopic (exact) mass is 182 g/mol. The molecule has 0 saturated carbocycles. The maximum absolute atomic E-state index is 5.68. The fourth-order valence-electron chi connectivity index (χ4n) is 0.903. The molecule has 0 saturated heterocycles. The Hall–Kier alpha value is 0.580. The lowest BCUT2D eigenvalue weighted by atomic mass is 9.97. The smallest absolute Gasteiger partial charge is 0.0263 e. The van der Waals surface area contributed by atoms with Crippen LogP contribution in [0.15, 0.2) is 0 Å². The Morgan fingerprint density at radius 3 is 2.00 bits per heavy atom. The van der Waals surface area contributed by atoms with E-state index >= 15 is 0 Å². The van der Waals surface area contributed by atoms with Crippen molar-refractivity contribution in [3.05, 3.63) is 0 Å². The zero-order chi connectivity index (χ0) is 7.98. The van der Waals surface area contributed by atoms with Gasteiger partial charge in [-0.1, -0.05) is 20.3 Å². The second kappa shape index (κ2) is 6.30. The molecule has 0 aliphatic heterocycles. The average molecular weight is 183 g/mol. The number of hydrogen-bond donors (Lipinski definition) is 0. The maximum atomic E-state index is 5.68. The first-order valence-electron chi connectivity index (χ1n) is 3.86. The Labute approximate surface area is 73.9 Å². The molecule has 2 heteroatoms. The Morgan fingerprint density at radius 2 is 1.70 bits per heavy atom. The molecular formula is C8H16Cl2. The van der Waals surface area contributed by atoms with Crippen LogP contribution in [0.25, 0.3) is 0 Å². The van der Waals surface area contributed by atoms with E-state index in [1.54, 1.807) is 0 Å². The Bertz CT molecular complexity index is 69.7. The summed E-state index contributed by atoms with van der Waals surface area (Å²) in [6.45, 7) is 4.44. The molecule has 0 nitrogen and oxygen atoms in total. The minimum absolute atomic E-state index is 0.512. The summed E-state index contributed by atoms with van der Waals surface area (Å²) in [5.41, 5.74) is 0. The van der Waals surface area contributed by atoms with Crippen molar-refractivity contribution < 1.29 is 0 Å². The molecule has 0 rings (SSSR count). The number of hydrogen-bond acceptors (Lipinski definition) is 0. The molecule has 0 N–H and O–H groups in total. The summed E-state index contributed by atoms with van der Waals surface area (Å²) in [7, 11) is 0. The van der Waals surface area contributed by atoms with Crippen molar-refractivity contribution in [3.8, 4) is 0 Å². The summed E-state index contributed by atoms with van der Waals surface area (Å²) in [4.78, 5) is 0. The lowest BCUT2D eigenvalue weighted by Gasteiger charge is -2.14. The second-order valence-electron chi connectivity index (χ2n) is 2.92. The first kappa shape index (κ1) is 10.6. The van der Waals surface area contributed by atoms with E-state index in [1.165, 1.54) is 12.8 Å². The van der Waals surface area contributed by atoms with Gasteiger partial charge in [-0.05, 0) is 18.3 Å². The van der Waals surface area contributed by atoms with E-state index in [2.05, 4.69) is 13.8 Å². The van der Waals surface area contributed by atoms with Crippen molar-refractivity contribution in [3.63, 3.8) is 0 Å². The Morgan fingerprint density at radius 1 is 1.20 bits per heavy atom. The van der Waals surface area contributed by atoms with E-state index in [0.717, 1.165) is 5.92 Å². The maximum Gasteiger partial charge on any atom is 0.0263 e. The molecule has 0 radical (unpaired) electrons. The van der Waals surface area contributed by atoms with Gasteiger partial charge in [-0.3, -0.25) is 0 Å². The third-order valence-corrected chi connectivity index (χ3v) is 2.74. The topological polar surface area (TPSA) is 0 Å². The molecule has 0 aromatic rings. The van der Waals surface area contributed by atoms with E-state index in [4.69, 9.17) is 23.2 Å². The zero-order valence-electron chi connectivity index (χ0n) is 6.74. The lowest BCUT2D eigenvalue weighted by Crippen LogP contribution is -2.08. The van der Waals surface area contributed by atoms with Crippen LogP contribution < -0.4 is 0 Å². The van der Waals surface area contributed by atoms with Gasteiger partial charge >= 0.3 is 0 Å². The van der Waals surface area contributed by atoms with Gasteiger partial charge < -0.3 is 0 Å². The molecule has 0 amide bonds. The molecule has 0 fully saturated rings. The Balaban J connectivity index is 3.41. The molecular weight excluding hydrogens is 167 g/mol. The lowest BCUT2D eigenvalue weighted by molar-refractivity contribution is 0.435. The van der Waals surface area contributed by atoms with E-state index < -0.39 is 0 Å². The predicted molar refractivity (Wildman–Crippen MR) is 49.0 cm³/mol. The molecule has 0 spiro atoms. The molecule has 0 aromatic carbocycles. The molecule has 1 unspecified atom stereocenters. The highest BCUT2D eigenvalue weighted by molar-refractivity contribution is 6.20. The molecule has 0 aliphatic carbocycles. The number of rotatable bonds is 5. The fourth-order valence-corrected chi connectivity index (χ4v) is 1.48. The molecule has 0 heterocycles. The molecule has 0 aromatic heterocycles. The van der Waals surface area contributed by atoms with Crippen molar-refractivity contribution in [2.75, 3.05) is 11.8 Å². The van der Waals surface area contributed by atoms with Crippen LogP contribution in [0.3, 0.4) is 0 Å². The highest BCUT2D eigenvalue weighted by Crippen LogP contribution is 2.17. The first-order chi connectivity index (χ1) is 4.74. The van der Waals surface area contributed by atoms with E-state index in [0.29, 0.717) is 17.7 Å². The van der Waals surface area contributed by atoms with Gasteiger partial charge in [0.2, 0.25) is 0 Å². The van der Waals surface area contributed by atoms with Crippen molar-refractivity contribution >= 4 is 23.2 Å². The quantitative estimate of drug-likeness (QED) is 0.572. The van der Waals surface area contributed by atoms with Gasteiger partial charge in [-0.15, -0.1) is 23.2 Å². The molecule has 0 aliphatic rings. The fraction of sp³-hybridized carbons (Fsp3) is 1.00. The minimum atomic E-state index is 0.512. The largest absolute Gasteiger partial charge is 0.126 e. The van der Waals surface area contributed by atoms with Gasteiger partial charge in [0.15, 0.2) is 0 Å². The van der Waals surface area contributed by atoms with Gasteiger partial charge in [-0.25, -0.2) is 0 Å². The summed E-state index contributed by atoms with van der Waals surface area (Å²) in [5.74, 6) is 2.68.